The van der Waals surface area contributed by atoms with Crippen molar-refractivity contribution >= 4 is 23.4 Å². The van der Waals surface area contributed by atoms with Gasteiger partial charge >= 0.3 is 0 Å². The van der Waals surface area contributed by atoms with Crippen LogP contribution < -0.4 is 15.5 Å². The maximum Gasteiger partial charge on any atom is 0.251 e. The number of benzene rings is 1. The fourth-order valence-corrected chi connectivity index (χ4v) is 3.20. The molecule has 0 radical (unpaired) electrons. The number of anilines is 3. The van der Waals surface area contributed by atoms with E-state index in [1.807, 2.05) is 24.3 Å². The van der Waals surface area contributed by atoms with E-state index < -0.39 is 0 Å². The summed E-state index contributed by atoms with van der Waals surface area (Å²) in [6.45, 7) is 2.65. The SMILES string of the molecule is O=C1NCc2c(Nc3nccc(N4CCCCC4)n3)cccc21. The smallest absolute Gasteiger partial charge is 0.251 e. The summed E-state index contributed by atoms with van der Waals surface area (Å²) in [5, 5.41) is 6.11. The summed E-state index contributed by atoms with van der Waals surface area (Å²) >= 11 is 0. The molecule has 118 valence electrons. The molecule has 6 nitrogen and oxygen atoms in total. The standard InChI is InChI=1S/C17H19N5O/c23-16-12-5-4-6-14(13(12)11-19-16)20-17-18-8-7-15(21-17)22-9-2-1-3-10-22/h4-8H,1-3,9-11H2,(H,19,23)(H,18,20,21). The summed E-state index contributed by atoms with van der Waals surface area (Å²) in [5.41, 5.74) is 2.59. The van der Waals surface area contributed by atoms with Crippen molar-refractivity contribution in [2.75, 3.05) is 23.3 Å². The van der Waals surface area contributed by atoms with E-state index in [9.17, 15) is 4.79 Å². The van der Waals surface area contributed by atoms with E-state index in [1.165, 1.54) is 19.3 Å². The third kappa shape index (κ3) is 2.72. The Labute approximate surface area is 134 Å². The average molecular weight is 309 g/mol. The fourth-order valence-electron chi connectivity index (χ4n) is 3.20. The van der Waals surface area contributed by atoms with Gasteiger partial charge in [-0.3, -0.25) is 4.79 Å². The number of nitrogens with zero attached hydrogens (tertiary/aromatic N) is 3. The number of nitrogens with one attached hydrogen (secondary N) is 2. The largest absolute Gasteiger partial charge is 0.356 e. The van der Waals surface area contributed by atoms with Gasteiger partial charge in [-0.25, -0.2) is 4.98 Å². The predicted octanol–water partition coefficient (Wildman–Crippen LogP) is 2.45. The highest BCUT2D eigenvalue weighted by Crippen LogP contribution is 2.26. The first-order valence-corrected chi connectivity index (χ1v) is 8.06. The third-order valence-corrected chi connectivity index (χ3v) is 4.41. The molecule has 0 unspecified atom stereocenters. The quantitative estimate of drug-likeness (QED) is 0.911. The zero-order valence-corrected chi connectivity index (χ0v) is 12.9. The molecule has 6 heteroatoms. The number of fused-ring (bicyclic) bond motifs is 1. The van der Waals surface area contributed by atoms with Crippen LogP contribution in [0.5, 0.6) is 0 Å². The van der Waals surface area contributed by atoms with Crippen molar-refractivity contribution in [1.29, 1.82) is 0 Å². The Kier molecular flexibility index (Phi) is 3.57. The van der Waals surface area contributed by atoms with Crippen molar-refractivity contribution in [2.24, 2.45) is 0 Å². The molecule has 1 aromatic carbocycles. The van der Waals surface area contributed by atoms with Crippen LogP contribution in [0.1, 0.15) is 35.2 Å². The molecule has 0 bridgehead atoms. The van der Waals surface area contributed by atoms with Crippen molar-refractivity contribution < 1.29 is 4.79 Å². The van der Waals surface area contributed by atoms with Gasteiger partial charge in [0.25, 0.3) is 5.91 Å². The number of aromatic nitrogens is 2. The zero-order valence-electron chi connectivity index (χ0n) is 12.9. The minimum Gasteiger partial charge on any atom is -0.356 e. The van der Waals surface area contributed by atoms with Crippen LogP contribution in [0.3, 0.4) is 0 Å². The monoisotopic (exact) mass is 309 g/mol. The Morgan fingerprint density at radius 1 is 1.13 bits per heavy atom. The van der Waals surface area contributed by atoms with Gasteiger partial charge in [0.2, 0.25) is 5.95 Å². The van der Waals surface area contributed by atoms with Crippen molar-refractivity contribution in [3.8, 4) is 0 Å². The molecule has 1 amide bonds. The lowest BCUT2D eigenvalue weighted by molar-refractivity contribution is 0.0966. The Morgan fingerprint density at radius 3 is 2.87 bits per heavy atom. The molecule has 2 aromatic rings. The number of amides is 1. The first-order chi connectivity index (χ1) is 11.3. The van der Waals surface area contributed by atoms with Crippen molar-refractivity contribution in [3.05, 3.63) is 41.6 Å². The molecule has 2 aliphatic rings. The topological polar surface area (TPSA) is 70.2 Å². The Balaban J connectivity index is 1.59. The molecule has 0 aliphatic carbocycles. The molecule has 4 rings (SSSR count). The van der Waals surface area contributed by atoms with E-state index in [0.717, 1.165) is 35.7 Å². The number of piperidine rings is 1. The molecule has 2 N–H and O–H groups in total. The summed E-state index contributed by atoms with van der Waals surface area (Å²) < 4.78 is 0. The third-order valence-electron chi connectivity index (χ3n) is 4.41. The van der Waals surface area contributed by atoms with E-state index in [2.05, 4.69) is 25.5 Å². The lowest BCUT2D eigenvalue weighted by atomic mass is 10.1. The number of hydrogen-bond donors (Lipinski definition) is 2. The van der Waals surface area contributed by atoms with Gasteiger partial charge < -0.3 is 15.5 Å². The normalized spacial score (nSPS) is 16.9. The van der Waals surface area contributed by atoms with Gasteiger partial charge in [-0.2, -0.15) is 4.98 Å². The van der Waals surface area contributed by atoms with Crippen LogP contribution in [0.2, 0.25) is 0 Å². The van der Waals surface area contributed by atoms with Gasteiger partial charge in [0.1, 0.15) is 5.82 Å². The Morgan fingerprint density at radius 2 is 2.00 bits per heavy atom. The second-order valence-corrected chi connectivity index (χ2v) is 5.93. The molecule has 1 fully saturated rings. The maximum absolute atomic E-state index is 11.8. The molecule has 23 heavy (non-hydrogen) atoms. The van der Waals surface area contributed by atoms with Gasteiger partial charge in [-0.05, 0) is 37.5 Å². The number of carbonyl (C=O) groups excluding carboxylic acids is 1. The van der Waals surface area contributed by atoms with E-state index >= 15 is 0 Å². The van der Waals surface area contributed by atoms with Crippen LogP contribution in [0.25, 0.3) is 0 Å². The first-order valence-electron chi connectivity index (χ1n) is 8.06. The van der Waals surface area contributed by atoms with Gasteiger partial charge in [-0.1, -0.05) is 6.07 Å². The highest BCUT2D eigenvalue weighted by atomic mass is 16.1. The molecule has 2 aliphatic heterocycles. The Hall–Kier alpha value is -2.63. The van der Waals surface area contributed by atoms with Crippen molar-refractivity contribution in [3.63, 3.8) is 0 Å². The fraction of sp³-hybridized carbons (Fsp3) is 0.353. The van der Waals surface area contributed by atoms with Gasteiger partial charge in [0.15, 0.2) is 0 Å². The molecule has 0 spiro atoms. The van der Waals surface area contributed by atoms with Crippen molar-refractivity contribution in [2.45, 2.75) is 25.8 Å². The summed E-state index contributed by atoms with van der Waals surface area (Å²) in [6.07, 6.45) is 5.51. The minimum absolute atomic E-state index is 0.0216. The van der Waals surface area contributed by atoms with E-state index in [1.54, 1.807) is 6.20 Å². The molecular formula is C17H19N5O. The predicted molar refractivity (Wildman–Crippen MR) is 89.0 cm³/mol. The van der Waals surface area contributed by atoms with E-state index in [4.69, 9.17) is 0 Å². The van der Waals surface area contributed by atoms with Gasteiger partial charge in [0, 0.05) is 42.6 Å². The van der Waals surface area contributed by atoms with Gasteiger partial charge in [0.05, 0.1) is 0 Å². The summed E-state index contributed by atoms with van der Waals surface area (Å²) in [4.78, 5) is 23.0. The minimum atomic E-state index is -0.0216. The number of rotatable bonds is 3. The highest BCUT2D eigenvalue weighted by Gasteiger charge is 2.21. The molecule has 0 saturated carbocycles. The second-order valence-electron chi connectivity index (χ2n) is 5.93. The van der Waals surface area contributed by atoms with Gasteiger partial charge in [-0.15, -0.1) is 0 Å². The van der Waals surface area contributed by atoms with Crippen molar-refractivity contribution in [1.82, 2.24) is 15.3 Å². The molecule has 1 aromatic heterocycles. The molecule has 1 saturated heterocycles. The van der Waals surface area contributed by atoms with Crippen LogP contribution >= 0.6 is 0 Å². The summed E-state index contributed by atoms with van der Waals surface area (Å²) in [6, 6.07) is 7.63. The zero-order chi connectivity index (χ0) is 15.6. The first kappa shape index (κ1) is 14.0. The van der Waals surface area contributed by atoms with E-state index in [0.29, 0.717) is 12.5 Å². The average Bonchev–Trinajstić information content (AvgIpc) is 2.99. The highest BCUT2D eigenvalue weighted by molar-refractivity contribution is 6.00. The van der Waals surface area contributed by atoms with E-state index in [-0.39, 0.29) is 5.91 Å². The van der Waals surface area contributed by atoms with Crippen LogP contribution in [-0.4, -0.2) is 29.0 Å². The number of carbonyl (C=O) groups is 1. The molecule has 3 heterocycles. The lowest BCUT2D eigenvalue weighted by Crippen LogP contribution is -2.30. The van der Waals surface area contributed by atoms with Crippen LogP contribution in [0, 0.1) is 0 Å². The van der Waals surface area contributed by atoms with Crippen LogP contribution in [0.4, 0.5) is 17.5 Å². The second kappa shape index (κ2) is 5.87. The number of hydrogen-bond acceptors (Lipinski definition) is 5. The van der Waals surface area contributed by atoms with Crippen LogP contribution in [0.15, 0.2) is 30.5 Å². The summed E-state index contributed by atoms with van der Waals surface area (Å²) in [7, 11) is 0. The molecular weight excluding hydrogens is 290 g/mol. The van der Waals surface area contributed by atoms with Crippen LogP contribution in [-0.2, 0) is 6.54 Å². The summed E-state index contributed by atoms with van der Waals surface area (Å²) in [5.74, 6) is 1.51. The Bertz CT molecular complexity index is 740. The molecule has 0 atom stereocenters. The lowest BCUT2D eigenvalue weighted by Gasteiger charge is -2.27. The maximum atomic E-state index is 11.8.